The fraction of sp³-hybridized carbons (Fsp3) is 0.615. The molecule has 0 radical (unpaired) electrons. The lowest BCUT2D eigenvalue weighted by Crippen LogP contribution is -2.24. The summed E-state index contributed by atoms with van der Waals surface area (Å²) < 4.78 is 5.47. The fourth-order valence-corrected chi connectivity index (χ4v) is 3.19. The van der Waals surface area contributed by atoms with Crippen LogP contribution in [0.1, 0.15) is 37.5 Å². The van der Waals surface area contributed by atoms with Crippen molar-refractivity contribution in [3.05, 3.63) is 23.3 Å². The SMILES string of the molecule is CNC(C)Cc1noc(C2CCCN2c2nccs2)n1. The van der Waals surface area contributed by atoms with E-state index in [-0.39, 0.29) is 6.04 Å². The molecule has 7 heteroatoms. The van der Waals surface area contributed by atoms with Gasteiger partial charge in [-0.3, -0.25) is 0 Å². The third kappa shape index (κ3) is 2.69. The van der Waals surface area contributed by atoms with Crippen molar-refractivity contribution in [1.29, 1.82) is 0 Å². The third-order valence-electron chi connectivity index (χ3n) is 3.67. The highest BCUT2D eigenvalue weighted by atomic mass is 32.1. The van der Waals surface area contributed by atoms with Crippen LogP contribution in [0, 0.1) is 0 Å². The Kier molecular flexibility index (Phi) is 3.98. The number of rotatable bonds is 5. The predicted octanol–water partition coefficient (Wildman–Crippen LogP) is 2.02. The molecule has 20 heavy (non-hydrogen) atoms. The van der Waals surface area contributed by atoms with Crippen LogP contribution in [0.4, 0.5) is 5.13 Å². The molecular formula is C13H19N5OS. The number of aromatic nitrogens is 3. The molecule has 0 amide bonds. The first kappa shape index (κ1) is 13.5. The second-order valence-electron chi connectivity index (χ2n) is 5.11. The van der Waals surface area contributed by atoms with E-state index in [1.54, 1.807) is 11.3 Å². The number of hydrogen-bond donors (Lipinski definition) is 1. The first-order chi connectivity index (χ1) is 9.78. The van der Waals surface area contributed by atoms with Crippen molar-refractivity contribution < 1.29 is 4.52 Å². The molecule has 1 aliphatic rings. The number of thiazole rings is 1. The van der Waals surface area contributed by atoms with Gasteiger partial charge in [0, 0.05) is 30.6 Å². The average molecular weight is 293 g/mol. The molecule has 2 atom stereocenters. The van der Waals surface area contributed by atoms with Gasteiger partial charge in [-0.15, -0.1) is 11.3 Å². The van der Waals surface area contributed by atoms with Gasteiger partial charge in [0.05, 0.1) is 0 Å². The van der Waals surface area contributed by atoms with E-state index in [0.29, 0.717) is 6.04 Å². The van der Waals surface area contributed by atoms with Gasteiger partial charge < -0.3 is 14.7 Å². The Hall–Kier alpha value is -1.47. The van der Waals surface area contributed by atoms with Crippen molar-refractivity contribution in [2.45, 2.75) is 38.3 Å². The molecule has 1 fully saturated rings. The molecular weight excluding hydrogens is 274 g/mol. The summed E-state index contributed by atoms with van der Waals surface area (Å²) >= 11 is 1.65. The van der Waals surface area contributed by atoms with Crippen LogP contribution in [-0.4, -0.2) is 34.8 Å². The molecule has 2 unspecified atom stereocenters. The molecule has 0 spiro atoms. The van der Waals surface area contributed by atoms with Crippen molar-refractivity contribution in [3.63, 3.8) is 0 Å². The van der Waals surface area contributed by atoms with E-state index in [1.165, 1.54) is 0 Å². The van der Waals surface area contributed by atoms with Gasteiger partial charge >= 0.3 is 0 Å². The average Bonchev–Trinajstić information content (AvgIpc) is 3.18. The summed E-state index contributed by atoms with van der Waals surface area (Å²) in [6.07, 6.45) is 4.80. The molecule has 108 valence electrons. The van der Waals surface area contributed by atoms with E-state index >= 15 is 0 Å². The Balaban J connectivity index is 1.75. The summed E-state index contributed by atoms with van der Waals surface area (Å²) in [6, 6.07) is 0.520. The molecule has 2 aromatic heterocycles. The molecule has 0 aromatic carbocycles. The van der Waals surface area contributed by atoms with Gasteiger partial charge in [0.25, 0.3) is 0 Å². The molecule has 1 N–H and O–H groups in total. The first-order valence-electron chi connectivity index (χ1n) is 6.94. The maximum atomic E-state index is 5.47. The maximum absolute atomic E-state index is 5.47. The molecule has 0 aliphatic carbocycles. The minimum absolute atomic E-state index is 0.173. The lowest BCUT2D eigenvalue weighted by atomic mass is 10.2. The van der Waals surface area contributed by atoms with Gasteiger partial charge in [-0.25, -0.2) is 4.98 Å². The van der Waals surface area contributed by atoms with Crippen LogP contribution < -0.4 is 10.2 Å². The van der Waals surface area contributed by atoms with Crippen LogP contribution in [0.25, 0.3) is 0 Å². The maximum Gasteiger partial charge on any atom is 0.249 e. The Morgan fingerprint density at radius 2 is 2.50 bits per heavy atom. The van der Waals surface area contributed by atoms with E-state index in [4.69, 9.17) is 4.52 Å². The van der Waals surface area contributed by atoms with E-state index in [9.17, 15) is 0 Å². The highest BCUT2D eigenvalue weighted by Crippen LogP contribution is 2.36. The second kappa shape index (κ2) is 5.88. The van der Waals surface area contributed by atoms with Gasteiger partial charge in [-0.05, 0) is 26.8 Å². The molecule has 3 heterocycles. The van der Waals surface area contributed by atoms with Gasteiger partial charge in [-0.2, -0.15) is 4.98 Å². The summed E-state index contributed by atoms with van der Waals surface area (Å²) in [5, 5.41) is 10.3. The zero-order chi connectivity index (χ0) is 13.9. The molecule has 3 rings (SSSR count). The van der Waals surface area contributed by atoms with Crippen LogP contribution in [0.5, 0.6) is 0 Å². The number of nitrogens with one attached hydrogen (secondary N) is 1. The number of hydrogen-bond acceptors (Lipinski definition) is 7. The number of nitrogens with zero attached hydrogens (tertiary/aromatic N) is 4. The number of likely N-dealkylation sites (N-methyl/N-ethyl adjacent to an activating group) is 1. The van der Waals surface area contributed by atoms with Gasteiger partial charge in [0.2, 0.25) is 5.89 Å². The minimum Gasteiger partial charge on any atom is -0.337 e. The molecule has 0 saturated carbocycles. The van der Waals surface area contributed by atoms with Gasteiger partial charge in [0.15, 0.2) is 11.0 Å². The smallest absolute Gasteiger partial charge is 0.249 e. The Labute approximate surface area is 122 Å². The first-order valence-corrected chi connectivity index (χ1v) is 7.81. The van der Waals surface area contributed by atoms with Crippen LogP contribution in [0.2, 0.25) is 0 Å². The van der Waals surface area contributed by atoms with Gasteiger partial charge in [-0.1, -0.05) is 5.16 Å². The summed E-state index contributed by atoms with van der Waals surface area (Å²) in [5.41, 5.74) is 0. The van der Waals surface area contributed by atoms with Gasteiger partial charge in [0.1, 0.15) is 6.04 Å². The molecule has 1 saturated heterocycles. The summed E-state index contributed by atoms with van der Waals surface area (Å²) in [6.45, 7) is 3.11. The highest BCUT2D eigenvalue weighted by Gasteiger charge is 2.32. The van der Waals surface area contributed by atoms with Crippen LogP contribution in [-0.2, 0) is 6.42 Å². The Morgan fingerprint density at radius 1 is 1.60 bits per heavy atom. The van der Waals surface area contributed by atoms with Crippen molar-refractivity contribution >= 4 is 16.5 Å². The number of anilines is 1. The summed E-state index contributed by atoms with van der Waals surface area (Å²) in [7, 11) is 1.94. The predicted molar refractivity (Wildman–Crippen MR) is 78.0 cm³/mol. The van der Waals surface area contributed by atoms with Crippen molar-refractivity contribution in [3.8, 4) is 0 Å². The molecule has 1 aliphatic heterocycles. The third-order valence-corrected chi connectivity index (χ3v) is 4.48. The lowest BCUT2D eigenvalue weighted by Gasteiger charge is -2.20. The van der Waals surface area contributed by atoms with E-state index in [2.05, 4.69) is 32.3 Å². The standard InChI is InChI=1S/C13H19N5OS/c1-9(14-2)8-11-16-12(19-17-11)10-4-3-6-18(10)13-15-5-7-20-13/h5,7,9-10,14H,3-4,6,8H2,1-2H3. The summed E-state index contributed by atoms with van der Waals surface area (Å²) in [4.78, 5) is 11.2. The lowest BCUT2D eigenvalue weighted by molar-refractivity contribution is 0.349. The van der Waals surface area contributed by atoms with E-state index in [1.807, 2.05) is 18.6 Å². The Bertz CT molecular complexity index is 541. The highest BCUT2D eigenvalue weighted by molar-refractivity contribution is 7.13. The van der Waals surface area contributed by atoms with Crippen LogP contribution >= 0.6 is 11.3 Å². The molecule has 6 nitrogen and oxygen atoms in total. The van der Waals surface area contributed by atoms with Crippen molar-refractivity contribution in [2.24, 2.45) is 0 Å². The fourth-order valence-electron chi connectivity index (χ4n) is 2.47. The normalized spacial score (nSPS) is 20.5. The zero-order valence-corrected chi connectivity index (χ0v) is 12.6. The van der Waals surface area contributed by atoms with Crippen LogP contribution in [0.15, 0.2) is 16.1 Å². The van der Waals surface area contributed by atoms with Crippen molar-refractivity contribution in [2.75, 3.05) is 18.5 Å². The molecule has 0 bridgehead atoms. The molecule has 2 aromatic rings. The quantitative estimate of drug-likeness (QED) is 0.909. The van der Waals surface area contributed by atoms with E-state index < -0.39 is 0 Å². The topological polar surface area (TPSA) is 67.1 Å². The van der Waals surface area contributed by atoms with Crippen molar-refractivity contribution in [1.82, 2.24) is 20.4 Å². The van der Waals surface area contributed by atoms with Crippen LogP contribution in [0.3, 0.4) is 0 Å². The minimum atomic E-state index is 0.173. The summed E-state index contributed by atoms with van der Waals surface area (Å²) in [5.74, 6) is 1.49. The van der Waals surface area contributed by atoms with E-state index in [0.717, 1.165) is 42.7 Å². The largest absolute Gasteiger partial charge is 0.337 e. The Morgan fingerprint density at radius 3 is 3.25 bits per heavy atom. The zero-order valence-electron chi connectivity index (χ0n) is 11.7. The second-order valence-corrected chi connectivity index (χ2v) is 5.98. The monoisotopic (exact) mass is 293 g/mol.